The van der Waals surface area contributed by atoms with E-state index in [4.69, 9.17) is 15.2 Å². The second kappa shape index (κ2) is 8.95. The second-order valence-electron chi connectivity index (χ2n) is 6.47. The number of nitrogens with one attached hydrogen (secondary N) is 1. The van der Waals surface area contributed by atoms with Gasteiger partial charge in [-0.3, -0.25) is 14.4 Å². The second-order valence-corrected chi connectivity index (χ2v) is 6.47. The van der Waals surface area contributed by atoms with Crippen LogP contribution in [0.5, 0.6) is 11.5 Å². The van der Waals surface area contributed by atoms with Crippen LogP contribution in [0.2, 0.25) is 0 Å². The Hall–Kier alpha value is -4.07. The van der Waals surface area contributed by atoms with Gasteiger partial charge >= 0.3 is 0 Å². The molecule has 0 aliphatic carbocycles. The number of primary amides is 1. The van der Waals surface area contributed by atoms with Crippen molar-refractivity contribution in [3.8, 4) is 11.5 Å². The number of rotatable bonds is 7. The fourth-order valence-electron chi connectivity index (χ4n) is 2.95. The largest absolute Gasteiger partial charge is 0.497 e. The van der Waals surface area contributed by atoms with Gasteiger partial charge in [-0.15, -0.1) is 0 Å². The summed E-state index contributed by atoms with van der Waals surface area (Å²) in [6.07, 6.45) is 1.45. The number of benzene rings is 2. The number of hydrogen-bond donors (Lipinski definition) is 2. The van der Waals surface area contributed by atoms with Crippen LogP contribution in [0.15, 0.2) is 65.6 Å². The summed E-state index contributed by atoms with van der Waals surface area (Å²) >= 11 is 0. The summed E-state index contributed by atoms with van der Waals surface area (Å²) in [7, 11) is 3.08. The maximum atomic E-state index is 12.7. The number of methoxy groups -OCH3 is 2. The molecule has 0 aliphatic heterocycles. The Morgan fingerprint density at radius 2 is 1.67 bits per heavy atom. The number of carbonyl (C=O) groups is 2. The molecule has 2 amide bonds. The number of nitrogens with zero attached hydrogens (tertiary/aromatic N) is 1. The Bertz CT molecular complexity index is 1130. The predicted molar refractivity (Wildman–Crippen MR) is 112 cm³/mol. The van der Waals surface area contributed by atoms with Crippen LogP contribution in [0.3, 0.4) is 0 Å². The lowest BCUT2D eigenvalue weighted by molar-refractivity contribution is 0.100. The van der Waals surface area contributed by atoms with E-state index in [1.807, 2.05) is 0 Å². The van der Waals surface area contributed by atoms with Crippen molar-refractivity contribution in [2.24, 2.45) is 5.73 Å². The molecule has 0 saturated heterocycles. The van der Waals surface area contributed by atoms with Crippen LogP contribution in [0.25, 0.3) is 0 Å². The average molecular weight is 407 g/mol. The highest BCUT2D eigenvalue weighted by Gasteiger charge is 2.13. The highest BCUT2D eigenvalue weighted by molar-refractivity contribution is 6.08. The van der Waals surface area contributed by atoms with E-state index in [9.17, 15) is 14.4 Å². The molecule has 0 radical (unpaired) electrons. The van der Waals surface area contributed by atoms with Gasteiger partial charge in [-0.2, -0.15) is 0 Å². The van der Waals surface area contributed by atoms with Crippen LogP contribution >= 0.6 is 0 Å². The molecule has 2 aromatic carbocycles. The van der Waals surface area contributed by atoms with E-state index >= 15 is 0 Å². The van der Waals surface area contributed by atoms with Crippen molar-refractivity contribution in [2.45, 2.75) is 6.54 Å². The maximum Gasteiger partial charge on any atom is 0.257 e. The van der Waals surface area contributed by atoms with Crippen molar-refractivity contribution in [1.29, 1.82) is 0 Å². The van der Waals surface area contributed by atoms with E-state index in [2.05, 4.69) is 5.32 Å². The van der Waals surface area contributed by atoms with Gasteiger partial charge in [0.1, 0.15) is 11.5 Å². The number of carbonyl (C=O) groups excluding carboxylic acids is 2. The number of pyridine rings is 1. The molecule has 30 heavy (non-hydrogen) atoms. The minimum atomic E-state index is -0.650. The predicted octanol–water partition coefficient (Wildman–Crippen LogP) is 2.26. The van der Waals surface area contributed by atoms with Crippen molar-refractivity contribution < 1.29 is 19.1 Å². The van der Waals surface area contributed by atoms with Gasteiger partial charge in [0.15, 0.2) is 0 Å². The third kappa shape index (κ3) is 4.67. The van der Waals surface area contributed by atoms with Crippen molar-refractivity contribution in [3.63, 3.8) is 0 Å². The zero-order chi connectivity index (χ0) is 21.7. The maximum absolute atomic E-state index is 12.7. The molecular formula is C22H21N3O5. The molecule has 0 unspecified atom stereocenters. The smallest absolute Gasteiger partial charge is 0.257 e. The van der Waals surface area contributed by atoms with Crippen LogP contribution in [0.1, 0.15) is 26.3 Å². The van der Waals surface area contributed by atoms with E-state index in [0.717, 1.165) is 5.56 Å². The first kappa shape index (κ1) is 20.7. The topological polar surface area (TPSA) is 113 Å². The minimum Gasteiger partial charge on any atom is -0.497 e. The number of hydrogen-bond acceptors (Lipinski definition) is 5. The quantitative estimate of drug-likeness (QED) is 0.624. The zero-order valence-electron chi connectivity index (χ0n) is 16.5. The number of aromatic nitrogens is 1. The van der Waals surface area contributed by atoms with Crippen LogP contribution in [0.4, 0.5) is 5.69 Å². The number of para-hydroxylation sites is 1. The first-order valence-electron chi connectivity index (χ1n) is 9.04. The molecule has 0 bridgehead atoms. The molecule has 3 N–H and O–H groups in total. The number of anilines is 1. The SMILES string of the molecule is COc1cc(Cn2cc(C(=O)Nc3ccccc3C(N)=O)ccc2=O)cc(OC)c1. The van der Waals surface area contributed by atoms with E-state index in [1.165, 1.54) is 29.0 Å². The molecule has 0 saturated carbocycles. The third-order valence-corrected chi connectivity index (χ3v) is 4.45. The van der Waals surface area contributed by atoms with E-state index < -0.39 is 11.8 Å². The molecule has 1 heterocycles. The molecule has 0 fully saturated rings. The van der Waals surface area contributed by atoms with Crippen molar-refractivity contribution in [1.82, 2.24) is 4.57 Å². The number of nitrogens with two attached hydrogens (primary N) is 1. The highest BCUT2D eigenvalue weighted by Crippen LogP contribution is 2.23. The number of ether oxygens (including phenoxy) is 2. The van der Waals surface area contributed by atoms with Gasteiger partial charge in [0.05, 0.1) is 37.6 Å². The number of amides is 2. The fourth-order valence-corrected chi connectivity index (χ4v) is 2.95. The van der Waals surface area contributed by atoms with E-state index in [0.29, 0.717) is 17.2 Å². The third-order valence-electron chi connectivity index (χ3n) is 4.45. The first-order valence-corrected chi connectivity index (χ1v) is 9.04. The summed E-state index contributed by atoms with van der Waals surface area (Å²) < 4.78 is 11.9. The van der Waals surface area contributed by atoms with Gasteiger partial charge < -0.3 is 25.1 Å². The van der Waals surface area contributed by atoms with Crippen LogP contribution in [-0.2, 0) is 6.54 Å². The Morgan fingerprint density at radius 3 is 2.30 bits per heavy atom. The van der Waals surface area contributed by atoms with Crippen molar-refractivity contribution >= 4 is 17.5 Å². The molecule has 8 heteroatoms. The van der Waals surface area contributed by atoms with Crippen molar-refractivity contribution in [2.75, 3.05) is 19.5 Å². The van der Waals surface area contributed by atoms with Crippen LogP contribution in [0, 0.1) is 0 Å². The Kier molecular flexibility index (Phi) is 6.17. The molecular weight excluding hydrogens is 386 g/mol. The van der Waals surface area contributed by atoms with Gasteiger partial charge in [-0.1, -0.05) is 12.1 Å². The van der Waals surface area contributed by atoms with Gasteiger partial charge in [0, 0.05) is 18.3 Å². The lowest BCUT2D eigenvalue weighted by atomic mass is 10.1. The van der Waals surface area contributed by atoms with Gasteiger partial charge in [0.2, 0.25) is 0 Å². The molecule has 0 aliphatic rings. The molecule has 0 atom stereocenters. The summed E-state index contributed by atoms with van der Waals surface area (Å²) in [6.45, 7) is 0.214. The van der Waals surface area contributed by atoms with Crippen molar-refractivity contribution in [3.05, 3.63) is 87.8 Å². The minimum absolute atomic E-state index is 0.197. The standard InChI is InChI=1S/C22H21N3O5/c1-29-16-9-14(10-17(11-16)30-2)12-25-13-15(7-8-20(25)26)22(28)24-19-6-4-3-5-18(19)21(23)27/h3-11,13H,12H2,1-2H3,(H2,23,27)(H,24,28). The van der Waals surface area contributed by atoms with Gasteiger partial charge in [-0.25, -0.2) is 0 Å². The first-order chi connectivity index (χ1) is 14.4. The molecule has 3 aromatic rings. The van der Waals surface area contributed by atoms with Gasteiger partial charge in [-0.05, 0) is 35.9 Å². The summed E-state index contributed by atoms with van der Waals surface area (Å²) in [5.74, 6) is 0.0622. The summed E-state index contributed by atoms with van der Waals surface area (Å²) in [5.41, 5.74) is 6.59. The van der Waals surface area contributed by atoms with E-state index in [-0.39, 0.29) is 23.2 Å². The van der Waals surface area contributed by atoms with Crippen LogP contribution in [-0.4, -0.2) is 30.6 Å². The monoisotopic (exact) mass is 407 g/mol. The van der Waals surface area contributed by atoms with E-state index in [1.54, 1.807) is 50.6 Å². The summed E-state index contributed by atoms with van der Waals surface area (Å²) in [4.78, 5) is 36.6. The zero-order valence-corrected chi connectivity index (χ0v) is 16.5. The van der Waals surface area contributed by atoms with Gasteiger partial charge in [0.25, 0.3) is 17.4 Å². The molecule has 3 rings (SSSR count). The summed E-state index contributed by atoms with van der Waals surface area (Å²) in [6, 6.07) is 14.5. The normalized spacial score (nSPS) is 10.3. The lowest BCUT2D eigenvalue weighted by Crippen LogP contribution is -2.23. The fraction of sp³-hybridized carbons (Fsp3) is 0.136. The molecule has 1 aromatic heterocycles. The summed E-state index contributed by atoms with van der Waals surface area (Å²) in [5, 5.41) is 2.66. The Morgan fingerprint density at radius 1 is 1.00 bits per heavy atom. The molecule has 8 nitrogen and oxygen atoms in total. The lowest BCUT2D eigenvalue weighted by Gasteiger charge is -2.12. The average Bonchev–Trinajstić information content (AvgIpc) is 2.75. The van der Waals surface area contributed by atoms with Crippen LogP contribution < -0.4 is 26.1 Å². The Labute approximate surface area is 172 Å². The molecule has 154 valence electrons. The highest BCUT2D eigenvalue weighted by atomic mass is 16.5. The Balaban J connectivity index is 1.88. The molecule has 0 spiro atoms.